The van der Waals surface area contributed by atoms with Gasteiger partial charge >= 0.3 is 0 Å². The SMILES string of the molecule is Cc1cnc2c(S(=O)(=O)NCC(C)(C)N3CCOCC3)cccc2c1. The molecule has 0 saturated carbocycles. The minimum Gasteiger partial charge on any atom is -0.379 e. The predicted molar refractivity (Wildman–Crippen MR) is 98.1 cm³/mol. The number of pyridine rings is 1. The molecule has 1 N–H and O–H groups in total. The van der Waals surface area contributed by atoms with Crippen LogP contribution in [-0.4, -0.2) is 56.7 Å². The van der Waals surface area contributed by atoms with E-state index in [4.69, 9.17) is 4.74 Å². The van der Waals surface area contributed by atoms with E-state index in [1.807, 2.05) is 32.9 Å². The molecule has 0 radical (unpaired) electrons. The van der Waals surface area contributed by atoms with Gasteiger partial charge in [-0.05, 0) is 38.5 Å². The third kappa shape index (κ3) is 4.00. The Kier molecular flexibility index (Phi) is 5.11. The largest absolute Gasteiger partial charge is 0.379 e. The van der Waals surface area contributed by atoms with Gasteiger partial charge in [-0.25, -0.2) is 13.1 Å². The van der Waals surface area contributed by atoms with E-state index in [1.165, 1.54) is 0 Å². The molecule has 6 nitrogen and oxygen atoms in total. The number of sulfonamides is 1. The lowest BCUT2D eigenvalue weighted by Gasteiger charge is -2.40. The van der Waals surface area contributed by atoms with Crippen LogP contribution in [0.2, 0.25) is 0 Å². The van der Waals surface area contributed by atoms with Gasteiger partial charge in [-0.3, -0.25) is 9.88 Å². The summed E-state index contributed by atoms with van der Waals surface area (Å²) in [6.45, 7) is 9.35. The Morgan fingerprint density at radius 2 is 2.00 bits per heavy atom. The second-order valence-corrected chi connectivity index (χ2v) is 8.81. The molecule has 1 aliphatic rings. The van der Waals surface area contributed by atoms with Crippen molar-refractivity contribution >= 4 is 20.9 Å². The molecule has 1 fully saturated rings. The Labute approximate surface area is 149 Å². The Hall–Kier alpha value is -1.54. The van der Waals surface area contributed by atoms with Crippen molar-refractivity contribution in [3.63, 3.8) is 0 Å². The molecule has 25 heavy (non-hydrogen) atoms. The van der Waals surface area contributed by atoms with Crippen LogP contribution in [0.5, 0.6) is 0 Å². The van der Waals surface area contributed by atoms with E-state index < -0.39 is 10.0 Å². The second-order valence-electron chi connectivity index (χ2n) is 7.08. The van der Waals surface area contributed by atoms with Gasteiger partial charge in [-0.1, -0.05) is 12.1 Å². The van der Waals surface area contributed by atoms with E-state index in [0.29, 0.717) is 25.3 Å². The molecular weight excluding hydrogens is 338 g/mol. The normalized spacial score (nSPS) is 17.1. The molecule has 1 aromatic carbocycles. The van der Waals surface area contributed by atoms with Crippen LogP contribution in [-0.2, 0) is 14.8 Å². The van der Waals surface area contributed by atoms with Crippen LogP contribution in [0.3, 0.4) is 0 Å². The number of benzene rings is 1. The fourth-order valence-corrected chi connectivity index (χ4v) is 4.47. The highest BCUT2D eigenvalue weighted by Crippen LogP contribution is 2.22. The number of hydrogen-bond donors (Lipinski definition) is 1. The van der Waals surface area contributed by atoms with E-state index in [0.717, 1.165) is 24.0 Å². The Morgan fingerprint density at radius 1 is 1.28 bits per heavy atom. The quantitative estimate of drug-likeness (QED) is 0.879. The molecule has 0 bridgehead atoms. The molecule has 1 saturated heterocycles. The molecule has 0 aliphatic carbocycles. The van der Waals surface area contributed by atoms with Crippen molar-refractivity contribution in [2.45, 2.75) is 31.2 Å². The van der Waals surface area contributed by atoms with Crippen molar-refractivity contribution in [1.82, 2.24) is 14.6 Å². The van der Waals surface area contributed by atoms with Crippen molar-refractivity contribution in [3.05, 3.63) is 36.0 Å². The first-order valence-electron chi connectivity index (χ1n) is 8.47. The Balaban J connectivity index is 1.82. The molecule has 1 aliphatic heterocycles. The van der Waals surface area contributed by atoms with E-state index in [-0.39, 0.29) is 10.4 Å². The molecule has 0 amide bonds. The summed E-state index contributed by atoms with van der Waals surface area (Å²) in [5.41, 5.74) is 1.22. The molecule has 2 aromatic rings. The molecular formula is C18H25N3O3S. The van der Waals surface area contributed by atoms with Gasteiger partial charge in [0.15, 0.2) is 0 Å². The number of nitrogens with zero attached hydrogens (tertiary/aromatic N) is 2. The van der Waals surface area contributed by atoms with Crippen LogP contribution >= 0.6 is 0 Å². The second kappa shape index (κ2) is 6.99. The summed E-state index contributed by atoms with van der Waals surface area (Å²) in [4.78, 5) is 6.81. The summed E-state index contributed by atoms with van der Waals surface area (Å²) in [6.07, 6.45) is 1.69. The van der Waals surface area contributed by atoms with Crippen molar-refractivity contribution in [1.29, 1.82) is 0 Å². The fraction of sp³-hybridized carbons (Fsp3) is 0.500. The molecule has 1 aromatic heterocycles. The lowest BCUT2D eigenvalue weighted by Crippen LogP contribution is -2.55. The van der Waals surface area contributed by atoms with E-state index in [1.54, 1.807) is 18.3 Å². The van der Waals surface area contributed by atoms with Crippen LogP contribution in [0.1, 0.15) is 19.4 Å². The molecule has 3 rings (SSSR count). The van der Waals surface area contributed by atoms with Gasteiger partial charge in [0.1, 0.15) is 4.90 Å². The third-order valence-corrected chi connectivity index (χ3v) is 6.09. The highest BCUT2D eigenvalue weighted by atomic mass is 32.2. The number of ether oxygens (including phenoxy) is 1. The molecule has 136 valence electrons. The number of morpholine rings is 1. The first-order valence-corrected chi connectivity index (χ1v) is 9.96. The first kappa shape index (κ1) is 18.3. The highest BCUT2D eigenvalue weighted by Gasteiger charge is 2.30. The van der Waals surface area contributed by atoms with Crippen LogP contribution in [0, 0.1) is 6.92 Å². The topological polar surface area (TPSA) is 71.5 Å². The van der Waals surface area contributed by atoms with Crippen molar-refractivity contribution in [3.8, 4) is 0 Å². The van der Waals surface area contributed by atoms with Gasteiger partial charge in [-0.2, -0.15) is 0 Å². The highest BCUT2D eigenvalue weighted by molar-refractivity contribution is 7.89. The molecule has 2 heterocycles. The monoisotopic (exact) mass is 363 g/mol. The van der Waals surface area contributed by atoms with Crippen LogP contribution < -0.4 is 4.72 Å². The predicted octanol–water partition coefficient (Wildman–Crippen LogP) is 1.93. The van der Waals surface area contributed by atoms with E-state index in [2.05, 4.69) is 14.6 Å². The maximum absolute atomic E-state index is 12.9. The van der Waals surface area contributed by atoms with E-state index in [9.17, 15) is 8.42 Å². The Bertz CT molecular complexity index is 859. The number of fused-ring (bicyclic) bond motifs is 1. The summed E-state index contributed by atoms with van der Waals surface area (Å²) >= 11 is 0. The van der Waals surface area contributed by atoms with Gasteiger partial charge < -0.3 is 4.74 Å². The number of rotatable bonds is 5. The maximum atomic E-state index is 12.9. The van der Waals surface area contributed by atoms with Gasteiger partial charge in [0.05, 0.1) is 18.7 Å². The van der Waals surface area contributed by atoms with Gasteiger partial charge in [0, 0.05) is 36.8 Å². The van der Waals surface area contributed by atoms with Crippen molar-refractivity contribution < 1.29 is 13.2 Å². The minimum absolute atomic E-state index is 0.225. The summed E-state index contributed by atoms with van der Waals surface area (Å²) in [5, 5.41) is 0.829. The Morgan fingerprint density at radius 3 is 2.72 bits per heavy atom. The zero-order valence-electron chi connectivity index (χ0n) is 14.9. The standard InChI is InChI=1S/C18H25N3O3S/c1-14-11-15-5-4-6-16(17(15)19-12-14)25(22,23)20-13-18(2,3)21-7-9-24-10-8-21/h4-6,11-12,20H,7-10,13H2,1-3H3. The zero-order valence-corrected chi connectivity index (χ0v) is 15.8. The first-order chi connectivity index (χ1) is 11.8. The van der Waals surface area contributed by atoms with E-state index >= 15 is 0 Å². The number of para-hydroxylation sites is 1. The number of hydrogen-bond acceptors (Lipinski definition) is 5. The van der Waals surface area contributed by atoms with Gasteiger partial charge in [0.25, 0.3) is 0 Å². The smallest absolute Gasteiger partial charge is 0.242 e. The minimum atomic E-state index is -3.64. The third-order valence-electron chi connectivity index (χ3n) is 4.66. The zero-order chi connectivity index (χ0) is 18.1. The number of aromatic nitrogens is 1. The summed E-state index contributed by atoms with van der Waals surface area (Å²) in [5.74, 6) is 0. The van der Waals surface area contributed by atoms with Crippen molar-refractivity contribution in [2.75, 3.05) is 32.8 Å². The number of aryl methyl sites for hydroxylation is 1. The van der Waals surface area contributed by atoms with Crippen molar-refractivity contribution in [2.24, 2.45) is 0 Å². The lowest BCUT2D eigenvalue weighted by atomic mass is 10.0. The molecule has 0 unspecified atom stereocenters. The molecule has 0 atom stereocenters. The number of nitrogens with one attached hydrogen (secondary N) is 1. The lowest BCUT2D eigenvalue weighted by molar-refractivity contribution is -0.00803. The molecule has 7 heteroatoms. The molecule has 0 spiro atoms. The van der Waals surface area contributed by atoms with Crippen LogP contribution in [0.15, 0.2) is 35.4 Å². The maximum Gasteiger partial charge on any atom is 0.242 e. The average Bonchev–Trinajstić information content (AvgIpc) is 2.60. The van der Waals surface area contributed by atoms with Crippen LogP contribution in [0.25, 0.3) is 10.9 Å². The fourth-order valence-electron chi connectivity index (χ4n) is 3.09. The summed E-state index contributed by atoms with van der Waals surface area (Å²) in [7, 11) is -3.64. The van der Waals surface area contributed by atoms with Crippen LogP contribution in [0.4, 0.5) is 0 Å². The van der Waals surface area contributed by atoms with Gasteiger partial charge in [0.2, 0.25) is 10.0 Å². The summed E-state index contributed by atoms with van der Waals surface area (Å²) in [6, 6.07) is 7.19. The summed E-state index contributed by atoms with van der Waals surface area (Å²) < 4.78 is 33.9. The average molecular weight is 363 g/mol. The van der Waals surface area contributed by atoms with Gasteiger partial charge in [-0.15, -0.1) is 0 Å².